The summed E-state index contributed by atoms with van der Waals surface area (Å²) in [5.74, 6) is 0.0244. The van der Waals surface area contributed by atoms with Crippen LogP contribution < -0.4 is 5.73 Å². The SMILES string of the molecule is CC(CN)N(C)C(=O)c1ccc(-c2ccc(Br)cc2)s1. The first-order valence-electron chi connectivity index (χ1n) is 6.36. The van der Waals surface area contributed by atoms with Crippen molar-refractivity contribution >= 4 is 33.2 Å². The van der Waals surface area contributed by atoms with E-state index in [-0.39, 0.29) is 11.9 Å². The van der Waals surface area contributed by atoms with E-state index in [0.29, 0.717) is 6.54 Å². The summed E-state index contributed by atoms with van der Waals surface area (Å²) in [5.41, 5.74) is 6.72. The third-order valence-corrected chi connectivity index (χ3v) is 4.92. The Balaban J connectivity index is 2.20. The maximum atomic E-state index is 12.3. The molecule has 1 unspecified atom stereocenters. The molecular formula is C15H17BrN2OS. The van der Waals surface area contributed by atoms with Gasteiger partial charge in [-0.2, -0.15) is 0 Å². The van der Waals surface area contributed by atoms with Crippen LogP contribution in [0.4, 0.5) is 0 Å². The quantitative estimate of drug-likeness (QED) is 0.913. The van der Waals surface area contributed by atoms with Gasteiger partial charge in [-0.05, 0) is 36.8 Å². The lowest BCUT2D eigenvalue weighted by atomic mass is 10.2. The predicted octanol–water partition coefficient (Wildman–Crippen LogP) is 3.60. The van der Waals surface area contributed by atoms with E-state index < -0.39 is 0 Å². The van der Waals surface area contributed by atoms with Crippen LogP contribution in [0.5, 0.6) is 0 Å². The number of nitrogens with zero attached hydrogens (tertiary/aromatic N) is 1. The minimum atomic E-state index is 0.0244. The fourth-order valence-electron chi connectivity index (χ4n) is 1.75. The smallest absolute Gasteiger partial charge is 0.263 e. The van der Waals surface area contributed by atoms with Crippen LogP contribution in [0.15, 0.2) is 40.9 Å². The molecule has 2 N–H and O–H groups in total. The van der Waals surface area contributed by atoms with Crippen molar-refractivity contribution < 1.29 is 4.79 Å². The van der Waals surface area contributed by atoms with Gasteiger partial charge in [-0.15, -0.1) is 11.3 Å². The molecule has 0 fully saturated rings. The van der Waals surface area contributed by atoms with Gasteiger partial charge < -0.3 is 10.6 Å². The lowest BCUT2D eigenvalue weighted by Crippen LogP contribution is -2.39. The molecule has 0 spiro atoms. The Bertz CT molecular complexity index is 594. The van der Waals surface area contributed by atoms with Gasteiger partial charge in [0.2, 0.25) is 0 Å². The molecule has 0 aliphatic heterocycles. The summed E-state index contributed by atoms with van der Waals surface area (Å²) >= 11 is 4.93. The van der Waals surface area contributed by atoms with Crippen molar-refractivity contribution in [1.29, 1.82) is 0 Å². The zero-order chi connectivity index (χ0) is 14.7. The molecule has 1 heterocycles. The van der Waals surface area contributed by atoms with E-state index >= 15 is 0 Å². The number of likely N-dealkylation sites (N-methyl/N-ethyl adjacent to an activating group) is 1. The highest BCUT2D eigenvalue weighted by atomic mass is 79.9. The first kappa shape index (κ1) is 15.2. The Kier molecular flexibility index (Phi) is 4.96. The third kappa shape index (κ3) is 3.29. The first-order valence-corrected chi connectivity index (χ1v) is 7.97. The maximum Gasteiger partial charge on any atom is 0.263 e. The highest BCUT2D eigenvalue weighted by molar-refractivity contribution is 9.10. The Morgan fingerprint density at radius 3 is 2.55 bits per heavy atom. The van der Waals surface area contributed by atoms with Crippen LogP contribution in [0.3, 0.4) is 0 Å². The first-order chi connectivity index (χ1) is 9.52. The highest BCUT2D eigenvalue weighted by Crippen LogP contribution is 2.29. The summed E-state index contributed by atoms with van der Waals surface area (Å²) in [7, 11) is 1.79. The molecule has 1 aromatic carbocycles. The van der Waals surface area contributed by atoms with Gasteiger partial charge in [0.15, 0.2) is 0 Å². The van der Waals surface area contributed by atoms with Crippen LogP contribution in [0.25, 0.3) is 10.4 Å². The normalized spacial score (nSPS) is 12.2. The summed E-state index contributed by atoms with van der Waals surface area (Å²) in [6, 6.07) is 12.0. The molecule has 20 heavy (non-hydrogen) atoms. The molecule has 0 aliphatic rings. The summed E-state index contributed by atoms with van der Waals surface area (Å²) in [5, 5.41) is 0. The number of carbonyl (C=O) groups is 1. The molecule has 1 amide bonds. The number of nitrogens with two attached hydrogens (primary N) is 1. The van der Waals surface area contributed by atoms with E-state index in [2.05, 4.69) is 15.9 Å². The Morgan fingerprint density at radius 2 is 1.95 bits per heavy atom. The zero-order valence-corrected chi connectivity index (χ0v) is 13.9. The minimum absolute atomic E-state index is 0.0244. The Labute approximate surface area is 131 Å². The molecular weight excluding hydrogens is 336 g/mol. The molecule has 0 saturated carbocycles. The van der Waals surface area contributed by atoms with Crippen molar-refractivity contribution in [2.24, 2.45) is 5.73 Å². The molecule has 2 aromatic rings. The van der Waals surface area contributed by atoms with Crippen LogP contribution in [-0.4, -0.2) is 30.4 Å². The minimum Gasteiger partial charge on any atom is -0.337 e. The number of amides is 1. The Morgan fingerprint density at radius 1 is 1.30 bits per heavy atom. The van der Waals surface area contributed by atoms with Crippen LogP contribution in [0, 0.1) is 0 Å². The van der Waals surface area contributed by atoms with E-state index in [9.17, 15) is 4.79 Å². The van der Waals surface area contributed by atoms with Gasteiger partial charge in [-0.3, -0.25) is 4.79 Å². The summed E-state index contributed by atoms with van der Waals surface area (Å²) in [6.07, 6.45) is 0. The molecule has 0 saturated heterocycles. The van der Waals surface area contributed by atoms with Crippen molar-refractivity contribution in [3.05, 3.63) is 45.7 Å². The van der Waals surface area contributed by atoms with Crippen LogP contribution in [-0.2, 0) is 0 Å². The van der Waals surface area contributed by atoms with Gasteiger partial charge in [-0.25, -0.2) is 0 Å². The van der Waals surface area contributed by atoms with Gasteiger partial charge in [0.25, 0.3) is 5.91 Å². The second-order valence-electron chi connectivity index (χ2n) is 4.67. The number of hydrogen-bond acceptors (Lipinski definition) is 3. The average Bonchev–Trinajstić information content (AvgIpc) is 2.95. The molecule has 0 aliphatic carbocycles. The van der Waals surface area contributed by atoms with E-state index in [4.69, 9.17) is 5.73 Å². The van der Waals surface area contributed by atoms with Crippen molar-refractivity contribution in [2.75, 3.05) is 13.6 Å². The monoisotopic (exact) mass is 352 g/mol. The molecule has 0 bridgehead atoms. The molecule has 1 atom stereocenters. The maximum absolute atomic E-state index is 12.3. The second-order valence-corrected chi connectivity index (χ2v) is 6.67. The summed E-state index contributed by atoms with van der Waals surface area (Å²) in [4.78, 5) is 15.8. The van der Waals surface area contributed by atoms with Crippen molar-refractivity contribution in [3.63, 3.8) is 0 Å². The lowest BCUT2D eigenvalue weighted by Gasteiger charge is -2.22. The highest BCUT2D eigenvalue weighted by Gasteiger charge is 2.18. The fourth-order valence-corrected chi connectivity index (χ4v) is 3.01. The van der Waals surface area contributed by atoms with E-state index in [1.54, 1.807) is 11.9 Å². The number of hydrogen-bond donors (Lipinski definition) is 1. The summed E-state index contributed by atoms with van der Waals surface area (Å²) in [6.45, 7) is 2.41. The fraction of sp³-hybridized carbons (Fsp3) is 0.267. The number of halogens is 1. The molecule has 0 radical (unpaired) electrons. The topological polar surface area (TPSA) is 46.3 Å². The van der Waals surface area contributed by atoms with E-state index in [1.165, 1.54) is 11.3 Å². The van der Waals surface area contributed by atoms with Crippen molar-refractivity contribution in [1.82, 2.24) is 4.90 Å². The van der Waals surface area contributed by atoms with Crippen molar-refractivity contribution in [3.8, 4) is 10.4 Å². The zero-order valence-electron chi connectivity index (χ0n) is 11.5. The summed E-state index contributed by atoms with van der Waals surface area (Å²) < 4.78 is 1.05. The standard InChI is InChI=1S/C15H17BrN2OS/c1-10(9-17)18(2)15(19)14-8-7-13(20-14)11-3-5-12(16)6-4-11/h3-8,10H,9,17H2,1-2H3. The van der Waals surface area contributed by atoms with Gasteiger partial charge in [0.05, 0.1) is 4.88 Å². The van der Waals surface area contributed by atoms with Gasteiger partial charge >= 0.3 is 0 Å². The van der Waals surface area contributed by atoms with E-state index in [1.807, 2.05) is 43.3 Å². The van der Waals surface area contributed by atoms with Crippen LogP contribution >= 0.6 is 27.3 Å². The molecule has 2 rings (SSSR count). The number of rotatable bonds is 4. The number of benzene rings is 1. The molecule has 5 heteroatoms. The van der Waals surface area contributed by atoms with Gasteiger partial charge in [-0.1, -0.05) is 28.1 Å². The average molecular weight is 353 g/mol. The molecule has 106 valence electrons. The third-order valence-electron chi connectivity index (χ3n) is 3.27. The second kappa shape index (κ2) is 6.52. The van der Waals surface area contributed by atoms with Crippen LogP contribution in [0.2, 0.25) is 0 Å². The van der Waals surface area contributed by atoms with Gasteiger partial charge in [0, 0.05) is 29.0 Å². The van der Waals surface area contributed by atoms with Crippen molar-refractivity contribution in [2.45, 2.75) is 13.0 Å². The number of thiophene rings is 1. The largest absolute Gasteiger partial charge is 0.337 e. The molecule has 3 nitrogen and oxygen atoms in total. The van der Waals surface area contributed by atoms with Crippen LogP contribution in [0.1, 0.15) is 16.6 Å². The Hall–Kier alpha value is -1.17. The van der Waals surface area contributed by atoms with Gasteiger partial charge in [0.1, 0.15) is 0 Å². The number of carbonyl (C=O) groups excluding carboxylic acids is 1. The van der Waals surface area contributed by atoms with E-state index in [0.717, 1.165) is 19.8 Å². The predicted molar refractivity (Wildman–Crippen MR) is 88.1 cm³/mol. The molecule has 1 aromatic heterocycles. The lowest BCUT2D eigenvalue weighted by molar-refractivity contribution is 0.0753.